The van der Waals surface area contributed by atoms with Crippen LogP contribution in [0.15, 0.2) is 52.8 Å². The molecule has 1 aromatic heterocycles. The molecule has 1 heterocycles. The van der Waals surface area contributed by atoms with Gasteiger partial charge >= 0.3 is 0 Å². The zero-order valence-electron chi connectivity index (χ0n) is 16.8. The third kappa shape index (κ3) is 3.97. The summed E-state index contributed by atoms with van der Waals surface area (Å²) < 4.78 is 0. The number of aromatic nitrogens is 2. The Morgan fingerprint density at radius 3 is 2.04 bits per heavy atom. The molecule has 0 spiro atoms. The van der Waals surface area contributed by atoms with Crippen molar-refractivity contribution in [1.82, 2.24) is 10.2 Å². The molecule has 3 rings (SSSR count). The van der Waals surface area contributed by atoms with E-state index in [2.05, 4.69) is 62.0 Å². The van der Waals surface area contributed by atoms with Gasteiger partial charge in [-0.1, -0.05) is 65.8 Å². The van der Waals surface area contributed by atoms with Gasteiger partial charge in [-0.3, -0.25) is 0 Å². The summed E-state index contributed by atoms with van der Waals surface area (Å²) in [6.07, 6.45) is 1.71. The molecule has 2 aromatic carbocycles. The number of rotatable bonds is 2. The van der Waals surface area contributed by atoms with Gasteiger partial charge in [0.25, 0.3) is 0 Å². The number of phenolic OH excluding ortho intramolecular Hbond substituents is 1. The van der Waals surface area contributed by atoms with Gasteiger partial charge in [0.05, 0.1) is 11.9 Å². The standard InChI is InChI=1S/C22H26N4O/c1-21(2,3)17-11-15(12-18(19(17)27)22(4,5)6)24-26-20-16-10-8-7-9-14(16)13-23-25-20/h7-13,27H,1-6H3. The maximum atomic E-state index is 10.8. The van der Waals surface area contributed by atoms with Crippen LogP contribution in [0.5, 0.6) is 5.75 Å². The second-order valence-electron chi connectivity index (χ2n) is 8.84. The fraction of sp³-hybridized carbons (Fsp3) is 0.364. The highest BCUT2D eigenvalue weighted by atomic mass is 16.3. The van der Waals surface area contributed by atoms with Gasteiger partial charge in [0.15, 0.2) is 0 Å². The molecule has 0 saturated heterocycles. The average molecular weight is 362 g/mol. The first-order chi connectivity index (χ1) is 12.6. The van der Waals surface area contributed by atoms with E-state index in [1.165, 1.54) is 0 Å². The molecule has 5 heteroatoms. The summed E-state index contributed by atoms with van der Waals surface area (Å²) in [7, 11) is 0. The molecule has 0 bridgehead atoms. The first-order valence-corrected chi connectivity index (χ1v) is 9.07. The highest BCUT2D eigenvalue weighted by Crippen LogP contribution is 2.42. The van der Waals surface area contributed by atoms with Crippen LogP contribution in [0, 0.1) is 0 Å². The summed E-state index contributed by atoms with van der Waals surface area (Å²) >= 11 is 0. The molecule has 0 aliphatic rings. The predicted molar refractivity (Wildman–Crippen MR) is 109 cm³/mol. The molecular weight excluding hydrogens is 336 g/mol. The topological polar surface area (TPSA) is 70.7 Å². The van der Waals surface area contributed by atoms with Crippen molar-refractivity contribution in [3.63, 3.8) is 0 Å². The molecule has 0 fully saturated rings. The Kier molecular flexibility index (Phi) is 4.72. The lowest BCUT2D eigenvalue weighted by atomic mass is 9.79. The fourth-order valence-corrected chi connectivity index (χ4v) is 3.01. The van der Waals surface area contributed by atoms with Crippen molar-refractivity contribution < 1.29 is 5.11 Å². The van der Waals surface area contributed by atoms with E-state index < -0.39 is 0 Å². The third-order valence-electron chi connectivity index (χ3n) is 4.52. The van der Waals surface area contributed by atoms with Crippen LogP contribution in [-0.4, -0.2) is 15.3 Å². The molecular formula is C22H26N4O. The molecule has 0 unspecified atom stereocenters. The Balaban J connectivity index is 2.12. The SMILES string of the molecule is CC(C)(C)c1cc(N=Nc2nncc3ccccc23)cc(C(C)(C)C)c1O. The summed E-state index contributed by atoms with van der Waals surface area (Å²) in [6, 6.07) is 11.6. The molecule has 27 heavy (non-hydrogen) atoms. The van der Waals surface area contributed by atoms with E-state index in [0.29, 0.717) is 17.3 Å². The normalized spacial score (nSPS) is 12.8. The van der Waals surface area contributed by atoms with E-state index in [-0.39, 0.29) is 10.8 Å². The van der Waals surface area contributed by atoms with E-state index in [9.17, 15) is 5.11 Å². The zero-order valence-corrected chi connectivity index (χ0v) is 16.8. The first-order valence-electron chi connectivity index (χ1n) is 9.07. The van der Waals surface area contributed by atoms with Gasteiger partial charge in [0, 0.05) is 21.9 Å². The highest BCUT2D eigenvalue weighted by molar-refractivity contribution is 5.89. The molecule has 0 atom stereocenters. The highest BCUT2D eigenvalue weighted by Gasteiger charge is 2.26. The van der Waals surface area contributed by atoms with Crippen LogP contribution in [0.25, 0.3) is 10.8 Å². The quantitative estimate of drug-likeness (QED) is 0.540. The van der Waals surface area contributed by atoms with Gasteiger partial charge in [0.2, 0.25) is 5.82 Å². The van der Waals surface area contributed by atoms with Crippen LogP contribution in [0.3, 0.4) is 0 Å². The Bertz CT molecular complexity index is 970. The molecule has 1 N–H and O–H groups in total. The molecule has 0 aliphatic heterocycles. The van der Waals surface area contributed by atoms with Crippen LogP contribution in [0.1, 0.15) is 52.7 Å². The number of azo groups is 1. The fourth-order valence-electron chi connectivity index (χ4n) is 3.01. The second-order valence-corrected chi connectivity index (χ2v) is 8.84. The van der Waals surface area contributed by atoms with Crippen LogP contribution in [0.4, 0.5) is 11.5 Å². The van der Waals surface area contributed by atoms with E-state index in [1.807, 2.05) is 36.4 Å². The van der Waals surface area contributed by atoms with Gasteiger partial charge in [-0.15, -0.1) is 15.3 Å². The lowest BCUT2D eigenvalue weighted by Gasteiger charge is -2.27. The molecule has 5 nitrogen and oxygen atoms in total. The minimum atomic E-state index is -0.213. The van der Waals surface area contributed by atoms with E-state index >= 15 is 0 Å². The second kappa shape index (κ2) is 6.72. The Morgan fingerprint density at radius 1 is 0.852 bits per heavy atom. The van der Waals surface area contributed by atoms with Gasteiger partial charge in [-0.2, -0.15) is 5.10 Å². The van der Waals surface area contributed by atoms with Crippen molar-refractivity contribution in [3.8, 4) is 5.75 Å². The van der Waals surface area contributed by atoms with Crippen LogP contribution >= 0.6 is 0 Å². The summed E-state index contributed by atoms with van der Waals surface area (Å²) in [5, 5.41) is 29.6. The number of fused-ring (bicyclic) bond motifs is 1. The Labute approximate surface area is 160 Å². The lowest BCUT2D eigenvalue weighted by Crippen LogP contribution is -2.16. The summed E-state index contributed by atoms with van der Waals surface area (Å²) in [5.41, 5.74) is 1.97. The minimum Gasteiger partial charge on any atom is -0.507 e. The molecule has 3 aromatic rings. The summed E-state index contributed by atoms with van der Waals surface area (Å²) in [5.74, 6) is 0.815. The summed E-state index contributed by atoms with van der Waals surface area (Å²) in [4.78, 5) is 0. The van der Waals surface area contributed by atoms with Crippen LogP contribution < -0.4 is 0 Å². The van der Waals surface area contributed by atoms with Crippen LogP contribution in [-0.2, 0) is 10.8 Å². The zero-order chi connectivity index (χ0) is 19.8. The molecule has 0 radical (unpaired) electrons. The Hall–Kier alpha value is -2.82. The summed E-state index contributed by atoms with van der Waals surface area (Å²) in [6.45, 7) is 12.4. The number of benzene rings is 2. The van der Waals surface area contributed by atoms with Gasteiger partial charge in [0.1, 0.15) is 5.75 Å². The van der Waals surface area contributed by atoms with E-state index in [1.54, 1.807) is 6.20 Å². The number of hydrogen-bond donors (Lipinski definition) is 1. The number of nitrogens with zero attached hydrogens (tertiary/aromatic N) is 4. The van der Waals surface area contributed by atoms with Crippen molar-refractivity contribution in [1.29, 1.82) is 0 Å². The molecule has 0 saturated carbocycles. The smallest absolute Gasteiger partial charge is 0.204 e. The first kappa shape index (κ1) is 19.0. The van der Waals surface area contributed by atoms with Crippen molar-refractivity contribution in [2.75, 3.05) is 0 Å². The van der Waals surface area contributed by atoms with Crippen molar-refractivity contribution in [2.24, 2.45) is 10.2 Å². The van der Waals surface area contributed by atoms with Gasteiger partial charge in [-0.05, 0) is 23.0 Å². The molecule has 0 amide bonds. The van der Waals surface area contributed by atoms with Crippen molar-refractivity contribution in [3.05, 3.63) is 53.7 Å². The van der Waals surface area contributed by atoms with Gasteiger partial charge < -0.3 is 5.11 Å². The molecule has 140 valence electrons. The number of phenols is 1. The van der Waals surface area contributed by atoms with E-state index in [0.717, 1.165) is 21.9 Å². The van der Waals surface area contributed by atoms with Gasteiger partial charge in [-0.25, -0.2) is 0 Å². The predicted octanol–water partition coefficient (Wildman–Crippen LogP) is 6.35. The monoisotopic (exact) mass is 362 g/mol. The molecule has 0 aliphatic carbocycles. The average Bonchev–Trinajstić information content (AvgIpc) is 2.58. The van der Waals surface area contributed by atoms with Crippen molar-refractivity contribution >= 4 is 22.3 Å². The number of hydrogen-bond acceptors (Lipinski definition) is 5. The number of aromatic hydroxyl groups is 1. The lowest BCUT2D eigenvalue weighted by molar-refractivity contribution is 0.423. The minimum absolute atomic E-state index is 0.213. The van der Waals surface area contributed by atoms with Crippen LogP contribution in [0.2, 0.25) is 0 Å². The van der Waals surface area contributed by atoms with Crippen molar-refractivity contribution in [2.45, 2.75) is 52.4 Å². The largest absolute Gasteiger partial charge is 0.507 e. The maximum absolute atomic E-state index is 10.8. The van der Waals surface area contributed by atoms with E-state index in [4.69, 9.17) is 0 Å². The Morgan fingerprint density at radius 2 is 1.44 bits per heavy atom. The maximum Gasteiger partial charge on any atom is 0.204 e. The third-order valence-corrected chi connectivity index (χ3v) is 4.52.